The Morgan fingerprint density at radius 3 is 2.57 bits per heavy atom. The van der Waals surface area contributed by atoms with E-state index in [2.05, 4.69) is 22.2 Å². The summed E-state index contributed by atoms with van der Waals surface area (Å²) < 4.78 is 13.6. The summed E-state index contributed by atoms with van der Waals surface area (Å²) in [5.74, 6) is 0.391. The van der Waals surface area contributed by atoms with E-state index in [4.69, 9.17) is 0 Å². The molecule has 0 fully saturated rings. The van der Waals surface area contributed by atoms with Crippen LogP contribution in [-0.2, 0) is 13.1 Å². The fourth-order valence-electron chi connectivity index (χ4n) is 2.00. The summed E-state index contributed by atoms with van der Waals surface area (Å²) in [4.78, 5) is 10.5. The number of hydrogen-bond donors (Lipinski definition) is 1. The van der Waals surface area contributed by atoms with Crippen molar-refractivity contribution in [1.29, 1.82) is 0 Å². The zero-order chi connectivity index (χ0) is 15.1. The number of nitrogens with one attached hydrogen (secondary N) is 1. The molecule has 0 amide bonds. The van der Waals surface area contributed by atoms with E-state index < -0.39 is 0 Å². The molecule has 0 aliphatic heterocycles. The van der Waals surface area contributed by atoms with Crippen LogP contribution < -0.4 is 10.2 Å². The number of hydrogen-bond acceptors (Lipinski definition) is 4. The predicted octanol–water partition coefficient (Wildman–Crippen LogP) is 2.75. The first-order chi connectivity index (χ1) is 10.2. The SMILES string of the molecule is CCCNCc1cnc(N(C)Cc2ccccc2F)nc1. The third-order valence-electron chi connectivity index (χ3n) is 3.15. The Morgan fingerprint density at radius 1 is 1.19 bits per heavy atom. The molecule has 2 rings (SSSR count). The average Bonchev–Trinajstić information content (AvgIpc) is 2.50. The van der Waals surface area contributed by atoms with Crippen molar-refractivity contribution in [3.05, 3.63) is 53.6 Å². The maximum absolute atomic E-state index is 13.6. The van der Waals surface area contributed by atoms with Gasteiger partial charge in [-0.3, -0.25) is 0 Å². The van der Waals surface area contributed by atoms with Gasteiger partial charge in [0.05, 0.1) is 0 Å². The van der Waals surface area contributed by atoms with Crippen LogP contribution in [0.25, 0.3) is 0 Å². The molecular weight excluding hydrogens is 267 g/mol. The second-order valence-electron chi connectivity index (χ2n) is 5.02. The number of halogens is 1. The van der Waals surface area contributed by atoms with Gasteiger partial charge in [-0.2, -0.15) is 0 Å². The Labute approximate surface area is 125 Å². The highest BCUT2D eigenvalue weighted by atomic mass is 19.1. The molecule has 0 spiro atoms. The van der Waals surface area contributed by atoms with Gasteiger partial charge in [0.2, 0.25) is 5.95 Å². The van der Waals surface area contributed by atoms with Crippen molar-refractivity contribution in [2.24, 2.45) is 0 Å². The molecule has 0 saturated heterocycles. The fraction of sp³-hybridized carbons (Fsp3) is 0.375. The van der Waals surface area contributed by atoms with Crippen LogP contribution in [0.3, 0.4) is 0 Å². The standard InChI is InChI=1S/C16H21FN4/c1-3-8-18-9-13-10-19-16(20-11-13)21(2)12-14-6-4-5-7-15(14)17/h4-7,10-11,18H,3,8-9,12H2,1-2H3. The van der Waals surface area contributed by atoms with Crippen molar-refractivity contribution in [1.82, 2.24) is 15.3 Å². The fourth-order valence-corrected chi connectivity index (χ4v) is 2.00. The first-order valence-corrected chi connectivity index (χ1v) is 7.17. The Hall–Kier alpha value is -2.01. The second kappa shape index (κ2) is 7.69. The van der Waals surface area contributed by atoms with Crippen LogP contribution in [0.4, 0.5) is 10.3 Å². The summed E-state index contributed by atoms with van der Waals surface area (Å²) in [5.41, 5.74) is 1.68. The Bertz CT molecular complexity index is 556. The normalized spacial score (nSPS) is 10.6. The van der Waals surface area contributed by atoms with E-state index in [0.717, 1.165) is 25.1 Å². The summed E-state index contributed by atoms with van der Waals surface area (Å²) in [6, 6.07) is 6.75. The highest BCUT2D eigenvalue weighted by Gasteiger charge is 2.08. The Balaban J connectivity index is 1.96. The summed E-state index contributed by atoms with van der Waals surface area (Å²) in [6.07, 6.45) is 4.72. The van der Waals surface area contributed by atoms with Crippen LogP contribution in [0, 0.1) is 5.82 Å². The molecule has 2 aromatic rings. The average molecular weight is 288 g/mol. The quantitative estimate of drug-likeness (QED) is 0.795. The minimum atomic E-state index is -0.204. The maximum atomic E-state index is 13.6. The highest BCUT2D eigenvalue weighted by molar-refractivity contribution is 5.31. The van der Waals surface area contributed by atoms with Crippen molar-refractivity contribution < 1.29 is 4.39 Å². The maximum Gasteiger partial charge on any atom is 0.225 e. The third-order valence-corrected chi connectivity index (χ3v) is 3.15. The van der Waals surface area contributed by atoms with Gasteiger partial charge in [0.1, 0.15) is 5.82 Å². The minimum absolute atomic E-state index is 0.204. The lowest BCUT2D eigenvalue weighted by Gasteiger charge is -2.17. The first-order valence-electron chi connectivity index (χ1n) is 7.17. The van der Waals surface area contributed by atoms with E-state index in [-0.39, 0.29) is 5.82 Å². The van der Waals surface area contributed by atoms with Crippen LogP contribution in [0.1, 0.15) is 24.5 Å². The number of aromatic nitrogens is 2. The Kier molecular flexibility index (Phi) is 5.63. The van der Waals surface area contributed by atoms with Crippen LogP contribution in [0.2, 0.25) is 0 Å². The molecule has 0 aliphatic carbocycles. The van der Waals surface area contributed by atoms with Crippen molar-refractivity contribution in [2.45, 2.75) is 26.4 Å². The number of anilines is 1. The molecule has 5 heteroatoms. The van der Waals surface area contributed by atoms with Crippen molar-refractivity contribution in [3.63, 3.8) is 0 Å². The molecule has 0 aliphatic rings. The molecule has 0 unspecified atom stereocenters. The lowest BCUT2D eigenvalue weighted by Crippen LogP contribution is -2.20. The van der Waals surface area contributed by atoms with Gasteiger partial charge in [-0.1, -0.05) is 25.1 Å². The zero-order valence-corrected chi connectivity index (χ0v) is 12.5. The van der Waals surface area contributed by atoms with Gasteiger partial charge in [-0.15, -0.1) is 0 Å². The third kappa shape index (κ3) is 4.49. The molecular formula is C16H21FN4. The van der Waals surface area contributed by atoms with Gasteiger partial charge in [-0.05, 0) is 19.0 Å². The second-order valence-corrected chi connectivity index (χ2v) is 5.02. The molecule has 0 bridgehead atoms. The molecule has 21 heavy (non-hydrogen) atoms. The van der Waals surface area contributed by atoms with Gasteiger partial charge in [0.15, 0.2) is 0 Å². The monoisotopic (exact) mass is 288 g/mol. The van der Waals surface area contributed by atoms with Crippen LogP contribution >= 0.6 is 0 Å². The largest absolute Gasteiger partial charge is 0.339 e. The van der Waals surface area contributed by atoms with Gasteiger partial charge < -0.3 is 10.2 Å². The van der Waals surface area contributed by atoms with Crippen molar-refractivity contribution in [2.75, 3.05) is 18.5 Å². The van der Waals surface area contributed by atoms with E-state index in [1.54, 1.807) is 12.1 Å². The number of nitrogens with zero attached hydrogens (tertiary/aromatic N) is 3. The molecule has 112 valence electrons. The smallest absolute Gasteiger partial charge is 0.225 e. The summed E-state index contributed by atoms with van der Waals surface area (Å²) >= 11 is 0. The lowest BCUT2D eigenvalue weighted by atomic mass is 10.2. The lowest BCUT2D eigenvalue weighted by molar-refractivity contribution is 0.607. The zero-order valence-electron chi connectivity index (χ0n) is 12.5. The van der Waals surface area contributed by atoms with Crippen LogP contribution in [0.15, 0.2) is 36.7 Å². The molecule has 0 atom stereocenters. The van der Waals surface area contributed by atoms with E-state index >= 15 is 0 Å². The van der Waals surface area contributed by atoms with E-state index in [1.165, 1.54) is 6.07 Å². The van der Waals surface area contributed by atoms with E-state index in [9.17, 15) is 4.39 Å². The topological polar surface area (TPSA) is 41.1 Å². The van der Waals surface area contributed by atoms with Crippen molar-refractivity contribution >= 4 is 5.95 Å². The molecule has 1 N–H and O–H groups in total. The summed E-state index contributed by atoms with van der Waals surface area (Å²) in [7, 11) is 1.86. The summed E-state index contributed by atoms with van der Waals surface area (Å²) in [6.45, 7) is 4.32. The molecule has 0 saturated carbocycles. The van der Waals surface area contributed by atoms with Gasteiger partial charge in [0, 0.05) is 43.7 Å². The molecule has 1 aromatic carbocycles. The highest BCUT2D eigenvalue weighted by Crippen LogP contribution is 2.13. The van der Waals surface area contributed by atoms with E-state index in [1.807, 2.05) is 30.4 Å². The molecule has 4 nitrogen and oxygen atoms in total. The number of benzene rings is 1. The van der Waals surface area contributed by atoms with Gasteiger partial charge in [0.25, 0.3) is 0 Å². The van der Waals surface area contributed by atoms with Gasteiger partial charge >= 0.3 is 0 Å². The van der Waals surface area contributed by atoms with Gasteiger partial charge in [-0.25, -0.2) is 14.4 Å². The predicted molar refractivity (Wildman–Crippen MR) is 82.5 cm³/mol. The van der Waals surface area contributed by atoms with Crippen molar-refractivity contribution in [3.8, 4) is 0 Å². The summed E-state index contributed by atoms with van der Waals surface area (Å²) in [5, 5.41) is 3.30. The molecule has 0 radical (unpaired) electrons. The van der Waals surface area contributed by atoms with Crippen LogP contribution in [0.5, 0.6) is 0 Å². The molecule has 1 heterocycles. The number of rotatable bonds is 7. The Morgan fingerprint density at radius 2 is 1.90 bits per heavy atom. The minimum Gasteiger partial charge on any atom is -0.339 e. The van der Waals surface area contributed by atoms with E-state index in [0.29, 0.717) is 18.1 Å². The first kappa shape index (κ1) is 15.4. The molecule has 1 aromatic heterocycles. The van der Waals surface area contributed by atoms with Crippen LogP contribution in [-0.4, -0.2) is 23.6 Å².